The van der Waals surface area contributed by atoms with Gasteiger partial charge in [0.05, 0.1) is 17.1 Å². The van der Waals surface area contributed by atoms with E-state index in [1.807, 2.05) is 16.0 Å². The van der Waals surface area contributed by atoms with Crippen LogP contribution in [0.5, 0.6) is 11.5 Å². The van der Waals surface area contributed by atoms with Gasteiger partial charge < -0.3 is 14.4 Å². The second kappa shape index (κ2) is 8.89. The molecule has 1 aliphatic heterocycles. The molecule has 12 heteroatoms. The minimum atomic E-state index is -3.99. The number of aromatic nitrogens is 2. The van der Waals surface area contributed by atoms with Gasteiger partial charge in [0.25, 0.3) is 0 Å². The van der Waals surface area contributed by atoms with Gasteiger partial charge in [0, 0.05) is 24.7 Å². The van der Waals surface area contributed by atoms with Crippen LogP contribution in [0.2, 0.25) is 5.15 Å². The second-order valence-electron chi connectivity index (χ2n) is 7.75. The third-order valence-electron chi connectivity index (χ3n) is 5.11. The topological polar surface area (TPSA) is 102 Å². The summed E-state index contributed by atoms with van der Waals surface area (Å²) < 4.78 is 41.4. The van der Waals surface area contributed by atoms with Crippen LogP contribution in [0.25, 0.3) is 4.96 Å². The van der Waals surface area contributed by atoms with Crippen molar-refractivity contribution in [1.29, 1.82) is 0 Å². The Morgan fingerprint density at radius 3 is 2.75 bits per heavy atom. The molecule has 2 aromatic heterocycles. The molecule has 0 unspecified atom stereocenters. The molecule has 1 N–H and O–H groups in total. The van der Waals surface area contributed by atoms with E-state index < -0.39 is 16.1 Å². The molecule has 0 saturated carbocycles. The Morgan fingerprint density at radius 2 is 2.03 bits per heavy atom. The summed E-state index contributed by atoms with van der Waals surface area (Å²) in [6.45, 7) is 4.50. The molecule has 0 radical (unpaired) electrons. The van der Waals surface area contributed by atoms with Crippen molar-refractivity contribution in [3.05, 3.63) is 40.6 Å². The van der Waals surface area contributed by atoms with E-state index in [1.165, 1.54) is 28.4 Å². The standard InChI is InChI=1S/C20H23ClN4O5S2/c1-12(2)17(19(26)24(3)11-14-18(21)22-20-25(14)6-9-31-20)23-32(27,28)13-4-5-15-16(10-13)30-8-7-29-15/h4-6,9-10,12,17,23H,7-8,11H2,1-3H3/t17-/m0/s1. The number of nitrogens with one attached hydrogen (secondary N) is 1. The predicted molar refractivity (Wildman–Crippen MR) is 121 cm³/mol. The molecule has 0 aliphatic carbocycles. The first-order valence-corrected chi connectivity index (χ1v) is 12.7. The number of hydrogen-bond donors (Lipinski definition) is 1. The summed E-state index contributed by atoms with van der Waals surface area (Å²) in [4.78, 5) is 19.7. The SMILES string of the molecule is CC(C)[C@H](NS(=O)(=O)c1ccc2c(c1)OCCO2)C(=O)N(C)Cc1c(Cl)nc2sccn12. The van der Waals surface area contributed by atoms with Crippen molar-refractivity contribution >= 4 is 43.8 Å². The molecule has 32 heavy (non-hydrogen) atoms. The van der Waals surface area contributed by atoms with E-state index in [9.17, 15) is 13.2 Å². The molecule has 1 aromatic carbocycles. The number of rotatable bonds is 7. The van der Waals surface area contributed by atoms with Crippen LogP contribution in [0.3, 0.4) is 0 Å². The Morgan fingerprint density at radius 1 is 1.31 bits per heavy atom. The fourth-order valence-corrected chi connectivity index (χ4v) is 5.75. The number of ether oxygens (including phenoxy) is 2. The third-order valence-corrected chi connectivity index (χ3v) is 7.61. The van der Waals surface area contributed by atoms with Gasteiger partial charge in [0.1, 0.15) is 19.3 Å². The minimum Gasteiger partial charge on any atom is -0.486 e. The number of carbonyl (C=O) groups excluding carboxylic acids is 1. The molecule has 0 saturated heterocycles. The molecule has 0 bridgehead atoms. The van der Waals surface area contributed by atoms with Gasteiger partial charge in [-0.15, -0.1) is 11.3 Å². The second-order valence-corrected chi connectivity index (χ2v) is 10.7. The average Bonchev–Trinajstić information content (AvgIpc) is 3.33. The van der Waals surface area contributed by atoms with Crippen molar-refractivity contribution in [3.63, 3.8) is 0 Å². The van der Waals surface area contributed by atoms with Crippen LogP contribution in [0.4, 0.5) is 0 Å². The van der Waals surface area contributed by atoms with Crippen LogP contribution in [0, 0.1) is 5.92 Å². The van der Waals surface area contributed by atoms with Crippen LogP contribution < -0.4 is 14.2 Å². The lowest BCUT2D eigenvalue weighted by molar-refractivity contribution is -0.133. The molecular formula is C20H23ClN4O5S2. The number of sulfonamides is 1. The highest BCUT2D eigenvalue weighted by Gasteiger charge is 2.32. The first-order chi connectivity index (χ1) is 15.2. The normalized spacial score (nSPS) is 14.7. The van der Waals surface area contributed by atoms with Crippen LogP contribution in [0.15, 0.2) is 34.7 Å². The van der Waals surface area contributed by atoms with Gasteiger partial charge in [0.15, 0.2) is 21.6 Å². The van der Waals surface area contributed by atoms with Gasteiger partial charge >= 0.3 is 0 Å². The fourth-order valence-electron chi connectivity index (χ4n) is 3.39. The van der Waals surface area contributed by atoms with Crippen LogP contribution in [0.1, 0.15) is 19.5 Å². The van der Waals surface area contributed by atoms with Crippen LogP contribution in [-0.2, 0) is 21.4 Å². The number of thiazole rings is 1. The number of halogens is 1. The summed E-state index contributed by atoms with van der Waals surface area (Å²) in [5.41, 5.74) is 0.663. The molecule has 4 rings (SSSR count). The monoisotopic (exact) mass is 498 g/mol. The van der Waals surface area contributed by atoms with Gasteiger partial charge in [-0.1, -0.05) is 25.4 Å². The van der Waals surface area contributed by atoms with Crippen molar-refractivity contribution in [2.75, 3.05) is 20.3 Å². The number of imidazole rings is 1. The Kier molecular flexibility index (Phi) is 6.35. The predicted octanol–water partition coefficient (Wildman–Crippen LogP) is 2.78. The summed E-state index contributed by atoms with van der Waals surface area (Å²) in [5.74, 6) is 0.184. The smallest absolute Gasteiger partial charge is 0.241 e. The molecular weight excluding hydrogens is 476 g/mol. The molecule has 3 heterocycles. The zero-order chi connectivity index (χ0) is 23.0. The zero-order valence-electron chi connectivity index (χ0n) is 17.7. The van der Waals surface area contributed by atoms with Gasteiger partial charge in [-0.25, -0.2) is 13.4 Å². The fraction of sp³-hybridized carbons (Fsp3) is 0.400. The number of carbonyl (C=O) groups is 1. The van der Waals surface area contributed by atoms with Crippen molar-refractivity contribution in [2.24, 2.45) is 5.92 Å². The number of fused-ring (bicyclic) bond motifs is 2. The van der Waals surface area contributed by atoms with Crippen LogP contribution >= 0.6 is 22.9 Å². The number of hydrogen-bond acceptors (Lipinski definition) is 7. The number of amides is 1. The molecule has 0 spiro atoms. The zero-order valence-corrected chi connectivity index (χ0v) is 20.1. The van der Waals surface area contributed by atoms with Gasteiger partial charge in [0.2, 0.25) is 15.9 Å². The summed E-state index contributed by atoms with van der Waals surface area (Å²) in [7, 11) is -2.38. The first-order valence-electron chi connectivity index (χ1n) is 9.94. The van der Waals surface area contributed by atoms with E-state index in [-0.39, 0.29) is 23.3 Å². The molecule has 172 valence electrons. The molecule has 1 amide bonds. The third kappa shape index (κ3) is 4.42. The molecule has 3 aromatic rings. The summed E-state index contributed by atoms with van der Waals surface area (Å²) in [6.07, 6.45) is 1.83. The lowest BCUT2D eigenvalue weighted by Gasteiger charge is -2.27. The molecule has 9 nitrogen and oxygen atoms in total. The van der Waals surface area contributed by atoms with E-state index >= 15 is 0 Å². The molecule has 1 atom stereocenters. The average molecular weight is 499 g/mol. The number of likely N-dealkylation sites (N-methyl/N-ethyl adjacent to an activating group) is 1. The molecule has 0 fully saturated rings. The number of nitrogens with zero attached hydrogens (tertiary/aromatic N) is 3. The minimum absolute atomic E-state index is 0.00155. The maximum absolute atomic E-state index is 13.2. The largest absolute Gasteiger partial charge is 0.486 e. The van der Waals surface area contributed by atoms with Crippen molar-refractivity contribution < 1.29 is 22.7 Å². The molecule has 1 aliphatic rings. The van der Waals surface area contributed by atoms with Gasteiger partial charge in [-0.05, 0) is 18.1 Å². The summed E-state index contributed by atoms with van der Waals surface area (Å²) in [5, 5.41) is 2.19. The Bertz CT molecular complexity index is 1250. The van der Waals surface area contributed by atoms with Crippen molar-refractivity contribution in [2.45, 2.75) is 31.3 Å². The van der Waals surface area contributed by atoms with E-state index in [2.05, 4.69) is 9.71 Å². The van der Waals surface area contributed by atoms with E-state index in [1.54, 1.807) is 27.0 Å². The summed E-state index contributed by atoms with van der Waals surface area (Å²) >= 11 is 7.68. The lowest BCUT2D eigenvalue weighted by atomic mass is 10.0. The van der Waals surface area contributed by atoms with Crippen molar-refractivity contribution in [1.82, 2.24) is 19.0 Å². The van der Waals surface area contributed by atoms with Gasteiger partial charge in [-0.3, -0.25) is 9.20 Å². The highest BCUT2D eigenvalue weighted by Crippen LogP contribution is 2.32. The van der Waals surface area contributed by atoms with E-state index in [0.717, 1.165) is 4.96 Å². The first kappa shape index (κ1) is 22.8. The Hall–Kier alpha value is -2.34. The highest BCUT2D eigenvalue weighted by atomic mass is 35.5. The number of benzene rings is 1. The van der Waals surface area contributed by atoms with Crippen molar-refractivity contribution in [3.8, 4) is 11.5 Å². The van der Waals surface area contributed by atoms with E-state index in [0.29, 0.717) is 35.6 Å². The summed E-state index contributed by atoms with van der Waals surface area (Å²) in [6, 6.07) is 3.42. The lowest BCUT2D eigenvalue weighted by Crippen LogP contribution is -2.50. The quantitative estimate of drug-likeness (QED) is 0.537. The Balaban J connectivity index is 1.54. The van der Waals surface area contributed by atoms with E-state index in [4.69, 9.17) is 21.1 Å². The maximum Gasteiger partial charge on any atom is 0.241 e. The Labute approximate surface area is 195 Å². The maximum atomic E-state index is 13.2. The van der Waals surface area contributed by atoms with Crippen LogP contribution in [-0.4, -0.2) is 54.9 Å². The van der Waals surface area contributed by atoms with Gasteiger partial charge in [-0.2, -0.15) is 4.72 Å². The highest BCUT2D eigenvalue weighted by molar-refractivity contribution is 7.89.